The van der Waals surface area contributed by atoms with Crippen LogP contribution in [0.25, 0.3) is 11.0 Å². The fraction of sp³-hybridized carbons (Fsp3) is 0.417. The third-order valence-electron chi connectivity index (χ3n) is 3.31. The van der Waals surface area contributed by atoms with Crippen molar-refractivity contribution in [3.05, 3.63) is 24.5 Å². The van der Waals surface area contributed by atoms with Crippen molar-refractivity contribution in [1.82, 2.24) is 9.55 Å². The van der Waals surface area contributed by atoms with Gasteiger partial charge in [-0.1, -0.05) is 11.5 Å². The Morgan fingerprint density at radius 2 is 2.12 bits per heavy atom. The zero-order valence-corrected chi connectivity index (χ0v) is 9.52. The summed E-state index contributed by atoms with van der Waals surface area (Å²) in [5.41, 5.74) is 3.64. The van der Waals surface area contributed by atoms with E-state index in [0.717, 1.165) is 31.6 Å². The summed E-state index contributed by atoms with van der Waals surface area (Å²) < 4.78 is 7.71. The van der Waals surface area contributed by atoms with Crippen molar-refractivity contribution in [2.75, 3.05) is 13.2 Å². The van der Waals surface area contributed by atoms with Crippen LogP contribution < -0.4 is 5.46 Å². The summed E-state index contributed by atoms with van der Waals surface area (Å²) in [5.74, 6) is 0. The third kappa shape index (κ3) is 1.63. The van der Waals surface area contributed by atoms with E-state index in [0.29, 0.717) is 6.04 Å². The summed E-state index contributed by atoms with van der Waals surface area (Å²) in [6, 6.07) is 6.99. The molecular formula is C12H15BN2O. The van der Waals surface area contributed by atoms with E-state index in [1.165, 1.54) is 11.0 Å². The molecule has 0 bridgehead atoms. The highest BCUT2D eigenvalue weighted by molar-refractivity contribution is 6.33. The number of hydrogen-bond acceptors (Lipinski definition) is 2. The molecule has 1 aliphatic heterocycles. The number of benzene rings is 1. The smallest absolute Gasteiger partial charge is 0.139 e. The molecule has 1 saturated heterocycles. The molecule has 0 unspecified atom stereocenters. The molecule has 0 amide bonds. The Morgan fingerprint density at radius 3 is 2.94 bits per heavy atom. The first-order valence-electron chi connectivity index (χ1n) is 5.85. The molecule has 1 aromatic heterocycles. The van der Waals surface area contributed by atoms with Crippen LogP contribution in [0.3, 0.4) is 0 Å². The molecule has 0 saturated carbocycles. The molecule has 0 spiro atoms. The van der Waals surface area contributed by atoms with E-state index in [4.69, 9.17) is 4.74 Å². The number of hydrogen-bond donors (Lipinski definition) is 0. The van der Waals surface area contributed by atoms with Gasteiger partial charge in [0.1, 0.15) is 7.85 Å². The maximum Gasteiger partial charge on any atom is 0.139 e. The van der Waals surface area contributed by atoms with Crippen LogP contribution in [0.15, 0.2) is 24.5 Å². The Labute approximate surface area is 95.8 Å². The van der Waals surface area contributed by atoms with Gasteiger partial charge in [-0.2, -0.15) is 0 Å². The van der Waals surface area contributed by atoms with Gasteiger partial charge in [0.15, 0.2) is 0 Å². The Hall–Kier alpha value is -1.29. The molecule has 82 valence electrons. The fourth-order valence-corrected chi connectivity index (χ4v) is 2.39. The number of fused-ring (bicyclic) bond motifs is 1. The highest BCUT2D eigenvalue weighted by Gasteiger charge is 2.17. The Morgan fingerprint density at radius 1 is 1.31 bits per heavy atom. The van der Waals surface area contributed by atoms with E-state index in [2.05, 4.69) is 35.6 Å². The minimum Gasteiger partial charge on any atom is -0.381 e. The quantitative estimate of drug-likeness (QED) is 0.651. The molecule has 0 aliphatic carbocycles. The van der Waals surface area contributed by atoms with E-state index < -0.39 is 0 Å². The summed E-state index contributed by atoms with van der Waals surface area (Å²) in [7, 11) is 2.13. The third-order valence-corrected chi connectivity index (χ3v) is 3.31. The normalized spacial score (nSPS) is 18.0. The second kappa shape index (κ2) is 3.94. The number of rotatable bonds is 1. The Balaban J connectivity index is 2.05. The lowest BCUT2D eigenvalue weighted by atomic mass is 9.96. The maximum absolute atomic E-state index is 5.40. The van der Waals surface area contributed by atoms with Crippen molar-refractivity contribution in [2.24, 2.45) is 0 Å². The molecule has 0 radical (unpaired) electrons. The first-order chi connectivity index (χ1) is 7.84. The van der Waals surface area contributed by atoms with Gasteiger partial charge in [-0.05, 0) is 25.0 Å². The average Bonchev–Trinajstić information content (AvgIpc) is 2.73. The molecule has 0 N–H and O–H groups in total. The van der Waals surface area contributed by atoms with Crippen LogP contribution in [0.4, 0.5) is 0 Å². The molecule has 1 aliphatic rings. The molecule has 2 aromatic rings. The second-order valence-electron chi connectivity index (χ2n) is 4.49. The molecule has 1 aromatic carbocycles. The van der Waals surface area contributed by atoms with E-state index in [9.17, 15) is 0 Å². The lowest BCUT2D eigenvalue weighted by Gasteiger charge is -2.23. The van der Waals surface area contributed by atoms with Crippen LogP contribution in [0.5, 0.6) is 0 Å². The van der Waals surface area contributed by atoms with Crippen molar-refractivity contribution >= 4 is 24.3 Å². The van der Waals surface area contributed by atoms with Gasteiger partial charge in [0, 0.05) is 19.3 Å². The highest BCUT2D eigenvalue weighted by Crippen LogP contribution is 2.24. The first-order valence-corrected chi connectivity index (χ1v) is 5.85. The van der Waals surface area contributed by atoms with Gasteiger partial charge in [0.25, 0.3) is 0 Å². The minimum atomic E-state index is 0.556. The zero-order valence-electron chi connectivity index (χ0n) is 9.52. The maximum atomic E-state index is 5.40. The molecule has 1 fully saturated rings. The minimum absolute atomic E-state index is 0.556. The fourth-order valence-electron chi connectivity index (χ4n) is 2.39. The van der Waals surface area contributed by atoms with Crippen LogP contribution in [0.2, 0.25) is 0 Å². The van der Waals surface area contributed by atoms with Crippen molar-refractivity contribution in [1.29, 1.82) is 0 Å². The van der Waals surface area contributed by atoms with E-state index >= 15 is 0 Å². The standard InChI is InChI=1S/C12H15BN2O/c13-9-1-2-11-12(7-9)15(8-14-11)10-3-5-16-6-4-10/h1-2,7-8,10H,3-6,13H2. The summed E-state index contributed by atoms with van der Waals surface area (Å²) in [6.07, 6.45) is 4.17. The molecule has 0 atom stereocenters. The molecule has 3 nitrogen and oxygen atoms in total. The van der Waals surface area contributed by atoms with Crippen molar-refractivity contribution in [3.8, 4) is 0 Å². The number of nitrogens with zero attached hydrogens (tertiary/aromatic N) is 2. The zero-order chi connectivity index (χ0) is 11.0. The first kappa shape index (κ1) is 9.91. The van der Waals surface area contributed by atoms with Crippen molar-refractivity contribution in [2.45, 2.75) is 18.9 Å². The molecule has 3 rings (SSSR count). The average molecular weight is 214 g/mol. The van der Waals surface area contributed by atoms with E-state index in [-0.39, 0.29) is 0 Å². The largest absolute Gasteiger partial charge is 0.381 e. The molecular weight excluding hydrogens is 199 g/mol. The number of imidazole rings is 1. The van der Waals surface area contributed by atoms with E-state index in [1.54, 1.807) is 0 Å². The van der Waals surface area contributed by atoms with Crippen LogP contribution in [-0.2, 0) is 4.74 Å². The van der Waals surface area contributed by atoms with Gasteiger partial charge < -0.3 is 9.30 Å². The van der Waals surface area contributed by atoms with Crippen molar-refractivity contribution < 1.29 is 4.74 Å². The van der Waals surface area contributed by atoms with Crippen LogP contribution in [0, 0.1) is 0 Å². The Bertz CT molecular complexity index is 503. The van der Waals surface area contributed by atoms with Gasteiger partial charge in [0.05, 0.1) is 17.4 Å². The molecule has 16 heavy (non-hydrogen) atoms. The second-order valence-corrected chi connectivity index (χ2v) is 4.49. The predicted molar refractivity (Wildman–Crippen MR) is 67.0 cm³/mol. The van der Waals surface area contributed by atoms with Gasteiger partial charge in [0.2, 0.25) is 0 Å². The monoisotopic (exact) mass is 214 g/mol. The van der Waals surface area contributed by atoms with Gasteiger partial charge in [-0.15, -0.1) is 0 Å². The number of aromatic nitrogens is 2. The highest BCUT2D eigenvalue weighted by atomic mass is 16.5. The van der Waals surface area contributed by atoms with E-state index in [1.807, 2.05) is 6.33 Å². The SMILES string of the molecule is Bc1ccc2ncn(C3CCOCC3)c2c1. The lowest BCUT2D eigenvalue weighted by Crippen LogP contribution is -2.19. The predicted octanol–water partition coefficient (Wildman–Crippen LogP) is 0.646. The van der Waals surface area contributed by atoms with Crippen molar-refractivity contribution in [3.63, 3.8) is 0 Å². The molecule has 4 heteroatoms. The summed E-state index contributed by atoms with van der Waals surface area (Å²) in [6.45, 7) is 1.74. The number of ether oxygens (including phenoxy) is 1. The Kier molecular flexibility index (Phi) is 2.44. The van der Waals surface area contributed by atoms with Gasteiger partial charge >= 0.3 is 0 Å². The topological polar surface area (TPSA) is 27.1 Å². The summed E-state index contributed by atoms with van der Waals surface area (Å²) in [5, 5.41) is 0. The van der Waals surface area contributed by atoms with Gasteiger partial charge in [-0.3, -0.25) is 0 Å². The lowest BCUT2D eigenvalue weighted by molar-refractivity contribution is 0.0706. The summed E-state index contributed by atoms with van der Waals surface area (Å²) in [4.78, 5) is 4.46. The van der Waals surface area contributed by atoms with Crippen LogP contribution >= 0.6 is 0 Å². The molecule has 2 heterocycles. The van der Waals surface area contributed by atoms with Gasteiger partial charge in [-0.25, -0.2) is 4.98 Å². The van der Waals surface area contributed by atoms with Crippen LogP contribution in [0.1, 0.15) is 18.9 Å². The van der Waals surface area contributed by atoms with Crippen LogP contribution in [-0.4, -0.2) is 30.6 Å². The summed E-state index contributed by atoms with van der Waals surface area (Å²) >= 11 is 0.